The van der Waals surface area contributed by atoms with Gasteiger partial charge in [0, 0.05) is 30.6 Å². The number of ketones is 1. The van der Waals surface area contributed by atoms with Crippen LogP contribution < -0.4 is 5.32 Å². The number of hydrogen-bond donors (Lipinski definition) is 1. The maximum atomic E-state index is 13.0. The second-order valence-corrected chi connectivity index (χ2v) is 11.6. The third kappa shape index (κ3) is 6.64. The number of para-hydroxylation sites is 1. The lowest BCUT2D eigenvalue weighted by atomic mass is 9.84. The molecule has 5 rings (SSSR count). The number of nitrogens with one attached hydrogen (secondary N) is 1. The lowest BCUT2D eigenvalue weighted by Gasteiger charge is -2.30. The molecule has 0 unspecified atom stereocenters. The Morgan fingerprint density at radius 3 is 2.38 bits per heavy atom. The summed E-state index contributed by atoms with van der Waals surface area (Å²) >= 11 is 0. The highest BCUT2D eigenvalue weighted by Crippen LogP contribution is 2.28. The van der Waals surface area contributed by atoms with Gasteiger partial charge < -0.3 is 10.2 Å². The maximum Gasteiger partial charge on any atom is 0.273 e. The number of amides is 1. The average Bonchev–Trinajstić information content (AvgIpc) is 3.23. The molecule has 2 aliphatic rings. The average molecular weight is 528 g/mol. The quantitative estimate of drug-likeness (QED) is 0.408. The highest BCUT2D eigenvalue weighted by Gasteiger charge is 2.26. The minimum Gasteiger partial charge on any atom is -0.348 e. The topological polar surface area (TPSA) is 80.1 Å². The molecule has 3 aromatic rings. The summed E-state index contributed by atoms with van der Waals surface area (Å²) in [6.45, 7) is 9.03. The summed E-state index contributed by atoms with van der Waals surface area (Å²) in [5, 5.41) is 12.1. The zero-order chi connectivity index (χ0) is 27.4. The van der Waals surface area contributed by atoms with Crippen LogP contribution in [0.3, 0.4) is 0 Å². The van der Waals surface area contributed by atoms with Crippen LogP contribution in [0.1, 0.15) is 83.6 Å². The fourth-order valence-corrected chi connectivity index (χ4v) is 5.96. The first-order chi connectivity index (χ1) is 18.9. The molecule has 206 valence electrons. The Morgan fingerprint density at radius 1 is 0.949 bits per heavy atom. The molecule has 39 heavy (non-hydrogen) atoms. The smallest absolute Gasteiger partial charge is 0.273 e. The molecule has 2 aromatic carbocycles. The van der Waals surface area contributed by atoms with Crippen molar-refractivity contribution in [2.75, 3.05) is 19.6 Å². The van der Waals surface area contributed by atoms with Crippen LogP contribution >= 0.6 is 0 Å². The number of fused-ring (bicyclic) bond motifs is 1. The summed E-state index contributed by atoms with van der Waals surface area (Å²) in [7, 11) is 0. The van der Waals surface area contributed by atoms with Crippen LogP contribution in [-0.4, -0.2) is 57.3 Å². The molecular formula is C32H41N5O2. The first kappa shape index (κ1) is 27.3. The fourth-order valence-electron chi connectivity index (χ4n) is 5.96. The van der Waals surface area contributed by atoms with E-state index in [1.807, 2.05) is 57.2 Å². The molecule has 0 atom stereocenters. The van der Waals surface area contributed by atoms with Gasteiger partial charge in [0.1, 0.15) is 0 Å². The highest BCUT2D eigenvalue weighted by atomic mass is 16.2. The molecule has 1 fully saturated rings. The summed E-state index contributed by atoms with van der Waals surface area (Å²) in [5.41, 5.74) is 5.50. The van der Waals surface area contributed by atoms with Gasteiger partial charge in [0.25, 0.3) is 5.91 Å². The van der Waals surface area contributed by atoms with Gasteiger partial charge in [-0.2, -0.15) is 9.90 Å². The normalized spacial score (nSPS) is 19.9. The molecule has 0 radical (unpaired) electrons. The molecule has 1 saturated carbocycles. The predicted molar refractivity (Wildman–Crippen MR) is 153 cm³/mol. The van der Waals surface area contributed by atoms with Crippen molar-refractivity contribution in [2.24, 2.45) is 11.8 Å². The Labute approximate surface area is 232 Å². The molecule has 1 aromatic heterocycles. The van der Waals surface area contributed by atoms with Crippen molar-refractivity contribution in [2.45, 2.75) is 71.8 Å². The van der Waals surface area contributed by atoms with Gasteiger partial charge in [0.15, 0.2) is 11.5 Å². The molecule has 7 heteroatoms. The van der Waals surface area contributed by atoms with Crippen molar-refractivity contribution < 1.29 is 9.59 Å². The second kappa shape index (κ2) is 12.2. The minimum absolute atomic E-state index is 0.0353. The van der Waals surface area contributed by atoms with Crippen molar-refractivity contribution in [3.8, 4) is 5.69 Å². The van der Waals surface area contributed by atoms with E-state index in [1.165, 1.54) is 22.3 Å². The third-order valence-electron chi connectivity index (χ3n) is 8.43. The zero-order valence-corrected chi connectivity index (χ0v) is 23.5. The molecule has 1 aliphatic heterocycles. The Bertz CT molecular complexity index is 1290. The SMILES string of the molecule is Cc1nn(-c2ccccc2)nc1C(=O)N[C@H]1CC[C@H](CCN2CCc3ccc(C(=O)C(C)C)cc3CC2)CC1. The third-order valence-corrected chi connectivity index (χ3v) is 8.43. The molecule has 7 nitrogen and oxygen atoms in total. The zero-order valence-electron chi connectivity index (χ0n) is 23.5. The van der Waals surface area contributed by atoms with Crippen molar-refractivity contribution in [1.29, 1.82) is 0 Å². The van der Waals surface area contributed by atoms with E-state index in [0.717, 1.165) is 69.4 Å². The van der Waals surface area contributed by atoms with E-state index in [2.05, 4.69) is 32.5 Å². The van der Waals surface area contributed by atoms with Crippen molar-refractivity contribution in [3.05, 3.63) is 76.6 Å². The lowest BCUT2D eigenvalue weighted by molar-refractivity contribution is 0.0911. The highest BCUT2D eigenvalue weighted by molar-refractivity contribution is 5.97. The van der Waals surface area contributed by atoms with Crippen LogP contribution in [0, 0.1) is 18.8 Å². The monoisotopic (exact) mass is 527 g/mol. The Hall–Kier alpha value is -3.32. The van der Waals surface area contributed by atoms with Crippen molar-refractivity contribution in [1.82, 2.24) is 25.2 Å². The van der Waals surface area contributed by atoms with E-state index in [9.17, 15) is 9.59 Å². The molecule has 1 amide bonds. The van der Waals surface area contributed by atoms with Crippen LogP contribution in [0.15, 0.2) is 48.5 Å². The number of hydrogen-bond acceptors (Lipinski definition) is 5. The van der Waals surface area contributed by atoms with E-state index in [4.69, 9.17) is 0 Å². The largest absolute Gasteiger partial charge is 0.348 e. The maximum absolute atomic E-state index is 13.0. The number of benzene rings is 2. The number of aryl methyl sites for hydroxylation is 1. The lowest BCUT2D eigenvalue weighted by Crippen LogP contribution is -2.38. The first-order valence-corrected chi connectivity index (χ1v) is 14.6. The molecule has 1 N–H and O–H groups in total. The van der Waals surface area contributed by atoms with Gasteiger partial charge >= 0.3 is 0 Å². The number of Topliss-reactive ketones (excluding diaryl/α,β-unsaturated/α-hetero) is 1. The summed E-state index contributed by atoms with van der Waals surface area (Å²) in [6, 6.07) is 16.2. The summed E-state index contributed by atoms with van der Waals surface area (Å²) < 4.78 is 0. The van der Waals surface area contributed by atoms with E-state index in [0.29, 0.717) is 17.3 Å². The van der Waals surface area contributed by atoms with Gasteiger partial charge in [-0.15, -0.1) is 5.10 Å². The predicted octanol–water partition coefficient (Wildman–Crippen LogP) is 5.19. The first-order valence-electron chi connectivity index (χ1n) is 14.6. The van der Waals surface area contributed by atoms with E-state index >= 15 is 0 Å². The van der Waals surface area contributed by atoms with E-state index in [-0.39, 0.29) is 23.7 Å². The van der Waals surface area contributed by atoms with Crippen LogP contribution in [0.5, 0.6) is 0 Å². The Balaban J connectivity index is 1.06. The number of carbonyl (C=O) groups is 2. The minimum atomic E-state index is -0.125. The van der Waals surface area contributed by atoms with E-state index in [1.54, 1.807) is 0 Å². The number of nitrogens with zero attached hydrogens (tertiary/aromatic N) is 4. The van der Waals surface area contributed by atoms with Crippen LogP contribution in [-0.2, 0) is 12.8 Å². The Morgan fingerprint density at radius 2 is 1.67 bits per heavy atom. The molecule has 0 saturated heterocycles. The summed E-state index contributed by atoms with van der Waals surface area (Å²) in [5.74, 6) is 0.854. The van der Waals surface area contributed by atoms with Crippen LogP contribution in [0.2, 0.25) is 0 Å². The fraction of sp³-hybridized carbons (Fsp3) is 0.500. The molecule has 1 aliphatic carbocycles. The molecule has 0 spiro atoms. The Kier molecular flexibility index (Phi) is 8.56. The van der Waals surface area contributed by atoms with Crippen LogP contribution in [0.25, 0.3) is 5.69 Å². The van der Waals surface area contributed by atoms with Crippen LogP contribution in [0.4, 0.5) is 0 Å². The standard InChI is InChI=1S/C32H41N5O2/c1-22(2)31(38)27-12-11-25-16-19-36(20-17-26(25)21-27)18-15-24-9-13-28(14-10-24)33-32(39)30-23(3)34-37(35-30)29-7-5-4-6-8-29/h4-8,11-12,21-22,24,28H,9-10,13-20H2,1-3H3,(H,33,39)/t24-,28-. The van der Waals surface area contributed by atoms with Gasteiger partial charge in [-0.1, -0.05) is 44.2 Å². The molecule has 2 heterocycles. The number of rotatable bonds is 8. The van der Waals surface area contributed by atoms with Gasteiger partial charge in [-0.3, -0.25) is 9.59 Å². The molecular weight excluding hydrogens is 486 g/mol. The van der Waals surface area contributed by atoms with E-state index < -0.39 is 0 Å². The van der Waals surface area contributed by atoms with Gasteiger partial charge in [0.2, 0.25) is 0 Å². The van der Waals surface area contributed by atoms with Crippen molar-refractivity contribution in [3.63, 3.8) is 0 Å². The summed E-state index contributed by atoms with van der Waals surface area (Å²) in [4.78, 5) is 29.5. The number of aromatic nitrogens is 3. The van der Waals surface area contributed by atoms with Crippen molar-refractivity contribution >= 4 is 11.7 Å². The van der Waals surface area contributed by atoms with Gasteiger partial charge in [0.05, 0.1) is 11.4 Å². The van der Waals surface area contributed by atoms with Gasteiger partial charge in [-0.05, 0) is 93.7 Å². The molecule has 0 bridgehead atoms. The van der Waals surface area contributed by atoms with Gasteiger partial charge in [-0.25, -0.2) is 0 Å². The second-order valence-electron chi connectivity index (χ2n) is 11.6. The number of carbonyl (C=O) groups excluding carboxylic acids is 2. The summed E-state index contributed by atoms with van der Waals surface area (Å²) in [6.07, 6.45) is 7.60.